The normalized spacial score (nSPS) is 26.7. The summed E-state index contributed by atoms with van der Waals surface area (Å²) < 4.78 is 20.6. The Morgan fingerprint density at radius 3 is 2.69 bits per heavy atom. The van der Waals surface area contributed by atoms with E-state index in [0.717, 1.165) is 34.9 Å². The molecule has 0 amide bonds. The van der Waals surface area contributed by atoms with Crippen LogP contribution in [-0.2, 0) is 29.0 Å². The molecule has 2 aromatic carbocycles. The van der Waals surface area contributed by atoms with E-state index in [1.165, 1.54) is 0 Å². The molecule has 3 aromatic rings. The van der Waals surface area contributed by atoms with E-state index < -0.39 is 41.5 Å². The fraction of sp³-hybridized carbons (Fsp3) is 0.458. The maximum atomic E-state index is 14.2. The minimum atomic E-state index is -1.27. The first kappa shape index (κ1) is 43.1. The molecule has 14 nitrogen and oxygen atoms in total. The predicted molar refractivity (Wildman–Crippen MR) is 235 cm³/mol. The van der Waals surface area contributed by atoms with Crippen molar-refractivity contribution < 1.29 is 39.1 Å². The van der Waals surface area contributed by atoms with Crippen LogP contribution in [0.1, 0.15) is 86.8 Å². The third-order valence-electron chi connectivity index (χ3n) is 13.6. The summed E-state index contributed by atoms with van der Waals surface area (Å²) in [6, 6.07) is 6.40. The van der Waals surface area contributed by atoms with Gasteiger partial charge in [-0.05, 0) is 105 Å². The molecule has 10 N–H and O–H groups in total. The van der Waals surface area contributed by atoms with E-state index in [9.17, 15) is 30.0 Å². The summed E-state index contributed by atoms with van der Waals surface area (Å²) in [5.74, 6) is -2.28. The van der Waals surface area contributed by atoms with Crippen LogP contribution in [0, 0.1) is 11.8 Å². The summed E-state index contributed by atoms with van der Waals surface area (Å²) in [4.78, 5) is 28.4. The average Bonchev–Trinajstić information content (AvgIpc) is 3.31. The monoisotopic (exact) mass is 849 g/mol. The summed E-state index contributed by atoms with van der Waals surface area (Å²) in [5.41, 5.74) is 10.6. The van der Waals surface area contributed by atoms with Gasteiger partial charge in [-0.25, -0.2) is 4.79 Å². The molecule has 0 fully saturated rings. The number of carbonyl (C=O) groups is 1. The van der Waals surface area contributed by atoms with Crippen LogP contribution in [0.5, 0.6) is 17.2 Å². The number of aliphatic hydroxyl groups is 2. The maximum absolute atomic E-state index is 14.2. The predicted octanol–water partition coefficient (Wildman–Crippen LogP) is 4.37. The molecule has 5 aliphatic rings. The molecule has 0 spiro atoms. The molecular weight excluding hydrogens is 791 g/mol. The van der Waals surface area contributed by atoms with Gasteiger partial charge in [0.2, 0.25) is 0 Å². The standard InChI is InChI=1S/C48H59N5O9/c1-5-26(22-50-6-2)47(59)61-37-20-34-43(58)41-36(57)19-31(23-54)60-45(41)42-40-32-14-15-52-46(49)39(32)28(10-9-27-11-12-30(56)18-33(27)35(40)24-55)17-29(48(37,4)62-44(34)42)16-25-8-13-38(51-7-3)53-21-25/h5,8,11-14,18-19,21,28-29,35,37-38,40,50-56,58H,6-7,9-10,15-17,20,22-24,49H2,1-4H3/b26-5-/t28-,29+,35+,37+,38?,40+,48-/m0/s1. The van der Waals surface area contributed by atoms with Crippen molar-refractivity contribution in [3.8, 4) is 17.2 Å². The van der Waals surface area contributed by atoms with Crippen molar-refractivity contribution in [2.75, 3.05) is 32.8 Å². The molecule has 1 unspecified atom stereocenters. The maximum Gasteiger partial charge on any atom is 0.335 e. The Balaban J connectivity index is 1.46. The molecule has 62 heavy (non-hydrogen) atoms. The number of phenols is 2. The first-order chi connectivity index (χ1) is 29.9. The second kappa shape index (κ2) is 17.7. The lowest BCUT2D eigenvalue weighted by Gasteiger charge is -2.50. The number of phenolic OH excluding ortho intramolecular Hbond substituents is 2. The van der Waals surface area contributed by atoms with E-state index in [0.29, 0.717) is 67.8 Å². The van der Waals surface area contributed by atoms with Crippen molar-refractivity contribution in [3.05, 3.63) is 121 Å². The van der Waals surface area contributed by atoms with Crippen LogP contribution in [0.25, 0.3) is 11.0 Å². The van der Waals surface area contributed by atoms with Crippen LogP contribution in [0.15, 0.2) is 92.1 Å². The molecule has 8 rings (SSSR count). The minimum absolute atomic E-state index is 0.00412. The fourth-order valence-electron chi connectivity index (χ4n) is 10.4. The van der Waals surface area contributed by atoms with Gasteiger partial charge in [0.1, 0.15) is 58.1 Å². The third kappa shape index (κ3) is 7.67. The zero-order chi connectivity index (χ0) is 43.9. The molecule has 4 bridgehead atoms. The van der Waals surface area contributed by atoms with Gasteiger partial charge in [-0.2, -0.15) is 0 Å². The van der Waals surface area contributed by atoms with Gasteiger partial charge in [0.25, 0.3) is 0 Å². The Kier molecular flexibility index (Phi) is 12.3. The molecule has 5 heterocycles. The number of hydrogen-bond donors (Lipinski definition) is 9. The number of fused-ring (bicyclic) bond motifs is 5. The number of nitrogens with one attached hydrogen (secondary N) is 4. The summed E-state index contributed by atoms with van der Waals surface area (Å²) in [6.45, 7) is 8.87. The van der Waals surface area contributed by atoms with E-state index in [1.807, 2.05) is 33.0 Å². The van der Waals surface area contributed by atoms with Crippen molar-refractivity contribution in [2.45, 2.75) is 96.1 Å². The lowest BCUT2D eigenvalue weighted by atomic mass is 9.65. The molecule has 0 radical (unpaired) electrons. The summed E-state index contributed by atoms with van der Waals surface area (Å²) in [5, 5.41) is 58.8. The number of aliphatic hydroxyl groups excluding tert-OH is 2. The van der Waals surface area contributed by atoms with Gasteiger partial charge in [-0.15, -0.1) is 0 Å². The van der Waals surface area contributed by atoms with Gasteiger partial charge >= 0.3 is 5.97 Å². The number of hydrogen-bond acceptors (Lipinski definition) is 14. The van der Waals surface area contributed by atoms with Gasteiger partial charge in [0.15, 0.2) is 5.43 Å². The van der Waals surface area contributed by atoms with Crippen molar-refractivity contribution >= 4 is 16.9 Å². The van der Waals surface area contributed by atoms with Gasteiger partial charge < -0.3 is 56.0 Å². The quantitative estimate of drug-likeness (QED) is 0.0967. The summed E-state index contributed by atoms with van der Waals surface area (Å²) in [6.07, 6.45) is 11.2. The SMILES string of the molecule is C/C=C(/CNCC)C(=O)O[C@@H]1Cc2c3c(c4oc(CO)cc(=O)c4c2O)[C@@H]2C4=CCNC(N)=C4[C@@H](CCc4ccc(O)cc4[C@H]2CO)C[C@@H](CC2=CNC(NCC)C=C2)[C@]1(C)O3. The number of dihydropyridines is 2. The zero-order valence-electron chi connectivity index (χ0n) is 35.8. The smallest absolute Gasteiger partial charge is 0.335 e. The van der Waals surface area contributed by atoms with E-state index in [-0.39, 0.29) is 70.6 Å². The summed E-state index contributed by atoms with van der Waals surface area (Å²) >= 11 is 0. The number of aryl methyl sites for hydroxylation is 1. The number of nitrogens with two attached hydrogens (primary N) is 1. The number of rotatable bonds is 11. The number of ether oxygens (including phenoxy) is 2. The molecule has 0 saturated carbocycles. The summed E-state index contributed by atoms with van der Waals surface area (Å²) in [7, 11) is 0. The van der Waals surface area contributed by atoms with E-state index in [2.05, 4.69) is 39.5 Å². The first-order valence-electron chi connectivity index (χ1n) is 21.9. The Labute approximate surface area is 361 Å². The van der Waals surface area contributed by atoms with Crippen molar-refractivity contribution in [3.63, 3.8) is 0 Å². The second-order valence-electron chi connectivity index (χ2n) is 17.2. The molecule has 7 atom stereocenters. The minimum Gasteiger partial charge on any atom is -0.508 e. The molecule has 1 aliphatic carbocycles. The second-order valence-corrected chi connectivity index (χ2v) is 17.2. The number of aromatic hydroxyl groups is 2. The van der Waals surface area contributed by atoms with Crippen LogP contribution >= 0.6 is 0 Å². The number of likely N-dealkylation sites (N-methyl/N-ethyl adjacent to an activating group) is 2. The van der Waals surface area contributed by atoms with Crippen LogP contribution in [-0.4, -0.2) is 77.1 Å². The van der Waals surface area contributed by atoms with E-state index in [4.69, 9.17) is 19.6 Å². The van der Waals surface area contributed by atoms with Gasteiger partial charge in [-0.1, -0.05) is 38.1 Å². The average molecular weight is 850 g/mol. The lowest BCUT2D eigenvalue weighted by molar-refractivity contribution is -0.165. The van der Waals surface area contributed by atoms with Gasteiger partial charge in [0.05, 0.1) is 12.8 Å². The van der Waals surface area contributed by atoms with Crippen LogP contribution < -0.4 is 37.2 Å². The van der Waals surface area contributed by atoms with Crippen LogP contribution in [0.2, 0.25) is 0 Å². The number of allylic oxidation sites excluding steroid dienone is 5. The van der Waals surface area contributed by atoms with Crippen molar-refractivity contribution in [2.24, 2.45) is 17.6 Å². The Morgan fingerprint density at radius 2 is 1.98 bits per heavy atom. The molecule has 4 aliphatic heterocycles. The molecule has 0 saturated heterocycles. The van der Waals surface area contributed by atoms with Gasteiger partial charge in [-0.3, -0.25) is 10.1 Å². The number of esters is 1. The highest BCUT2D eigenvalue weighted by Crippen LogP contribution is 2.59. The first-order valence-corrected chi connectivity index (χ1v) is 21.9. The lowest BCUT2D eigenvalue weighted by Crippen LogP contribution is -2.57. The van der Waals surface area contributed by atoms with Crippen LogP contribution in [0.3, 0.4) is 0 Å². The van der Waals surface area contributed by atoms with Crippen LogP contribution in [0.4, 0.5) is 0 Å². The van der Waals surface area contributed by atoms with Gasteiger partial charge in [0, 0.05) is 66.2 Å². The molecule has 1 aromatic heterocycles. The molecule has 330 valence electrons. The van der Waals surface area contributed by atoms with Crippen molar-refractivity contribution in [1.82, 2.24) is 21.3 Å². The van der Waals surface area contributed by atoms with Crippen molar-refractivity contribution in [1.29, 1.82) is 0 Å². The zero-order valence-corrected chi connectivity index (χ0v) is 35.8. The Hall–Kier alpha value is -5.54. The fourth-order valence-corrected chi connectivity index (χ4v) is 10.4. The number of carbonyl (C=O) groups excluding carboxylic acids is 1. The van der Waals surface area contributed by atoms with E-state index >= 15 is 0 Å². The largest absolute Gasteiger partial charge is 0.508 e. The number of benzene rings is 2. The highest BCUT2D eigenvalue weighted by molar-refractivity contribution is 5.92. The Bertz CT molecular complexity index is 2470. The molecule has 14 heteroatoms. The molecular formula is C48H59N5O9. The third-order valence-corrected chi connectivity index (χ3v) is 13.6. The highest BCUT2D eigenvalue weighted by Gasteiger charge is 2.54. The van der Waals surface area contributed by atoms with E-state index in [1.54, 1.807) is 25.1 Å². The highest BCUT2D eigenvalue weighted by atomic mass is 16.6. The topological polar surface area (TPSA) is 221 Å². The Morgan fingerprint density at radius 1 is 1.16 bits per heavy atom.